The van der Waals surface area contributed by atoms with Gasteiger partial charge in [-0.1, -0.05) is 17.7 Å². The maximum absolute atomic E-state index is 13.5. The highest BCUT2D eigenvalue weighted by Crippen LogP contribution is 2.29. The van der Waals surface area contributed by atoms with Crippen LogP contribution in [0.15, 0.2) is 30.3 Å². The molecule has 0 saturated heterocycles. The molecule has 0 fully saturated rings. The number of hydrogen-bond donors (Lipinski definition) is 0. The topological polar surface area (TPSA) is 17.1 Å². The molecule has 92 valence electrons. The van der Waals surface area contributed by atoms with E-state index in [2.05, 4.69) is 0 Å². The molecule has 0 aromatic heterocycles. The Hall–Kier alpha value is -1.81. The number of aldehydes is 1. The van der Waals surface area contributed by atoms with E-state index in [0.29, 0.717) is 6.29 Å². The lowest BCUT2D eigenvalue weighted by molar-refractivity contribution is 0.112. The van der Waals surface area contributed by atoms with Crippen LogP contribution in [0, 0.1) is 17.5 Å². The van der Waals surface area contributed by atoms with Gasteiger partial charge >= 0.3 is 0 Å². The molecule has 2 aromatic carbocycles. The molecule has 0 aliphatic heterocycles. The normalized spacial score (nSPS) is 10.4. The molecule has 5 heteroatoms. The summed E-state index contributed by atoms with van der Waals surface area (Å²) in [6, 6.07) is 6.05. The minimum absolute atomic E-state index is 0.117. The summed E-state index contributed by atoms with van der Waals surface area (Å²) in [5.41, 5.74) is 0.388. The molecule has 0 aliphatic rings. The molecule has 0 spiro atoms. The third kappa shape index (κ3) is 2.11. The summed E-state index contributed by atoms with van der Waals surface area (Å²) in [6.45, 7) is 0. The zero-order chi connectivity index (χ0) is 13.3. The molecule has 0 atom stereocenters. The van der Waals surface area contributed by atoms with Crippen molar-refractivity contribution in [3.63, 3.8) is 0 Å². The van der Waals surface area contributed by atoms with Crippen molar-refractivity contribution in [1.82, 2.24) is 0 Å². The van der Waals surface area contributed by atoms with Gasteiger partial charge in [-0.2, -0.15) is 0 Å². The van der Waals surface area contributed by atoms with E-state index in [1.54, 1.807) is 0 Å². The Labute approximate surface area is 106 Å². The first kappa shape index (κ1) is 12.6. The van der Waals surface area contributed by atoms with Crippen molar-refractivity contribution < 1.29 is 18.0 Å². The quantitative estimate of drug-likeness (QED) is 0.589. The molecule has 0 aliphatic carbocycles. The molecule has 0 radical (unpaired) electrons. The lowest BCUT2D eigenvalue weighted by Gasteiger charge is -2.06. The van der Waals surface area contributed by atoms with Crippen LogP contribution in [0.3, 0.4) is 0 Å². The summed E-state index contributed by atoms with van der Waals surface area (Å²) in [7, 11) is 0. The summed E-state index contributed by atoms with van der Waals surface area (Å²) in [5, 5.41) is 0.117. The zero-order valence-corrected chi connectivity index (χ0v) is 9.64. The third-order valence-electron chi connectivity index (χ3n) is 2.47. The molecule has 2 aromatic rings. The van der Waals surface area contributed by atoms with Crippen LogP contribution in [-0.4, -0.2) is 6.29 Å². The van der Waals surface area contributed by atoms with Crippen molar-refractivity contribution in [2.45, 2.75) is 0 Å². The molecule has 0 unspecified atom stereocenters. The number of hydrogen-bond acceptors (Lipinski definition) is 1. The monoisotopic (exact) mass is 270 g/mol. The van der Waals surface area contributed by atoms with Crippen LogP contribution in [-0.2, 0) is 0 Å². The van der Waals surface area contributed by atoms with Crippen molar-refractivity contribution in [2.75, 3.05) is 0 Å². The van der Waals surface area contributed by atoms with E-state index in [9.17, 15) is 18.0 Å². The number of benzene rings is 2. The molecule has 1 nitrogen and oxygen atoms in total. The molecule has 0 amide bonds. The predicted molar refractivity (Wildman–Crippen MR) is 62.1 cm³/mol. The lowest BCUT2D eigenvalue weighted by Crippen LogP contribution is -1.94. The highest BCUT2D eigenvalue weighted by molar-refractivity contribution is 6.33. The van der Waals surface area contributed by atoms with Gasteiger partial charge in [-0.15, -0.1) is 0 Å². The van der Waals surface area contributed by atoms with E-state index in [1.807, 2.05) is 0 Å². The van der Waals surface area contributed by atoms with Crippen LogP contribution in [0.1, 0.15) is 10.4 Å². The summed E-state index contributed by atoms with van der Waals surface area (Å²) in [6.07, 6.45) is 0.549. The molecule has 2 rings (SSSR count). The molecule has 18 heavy (non-hydrogen) atoms. The number of carbonyl (C=O) groups is 1. The van der Waals surface area contributed by atoms with Crippen molar-refractivity contribution in [3.8, 4) is 11.1 Å². The van der Waals surface area contributed by atoms with Gasteiger partial charge in [-0.05, 0) is 29.8 Å². The number of halogens is 4. The minimum Gasteiger partial charge on any atom is -0.298 e. The summed E-state index contributed by atoms with van der Waals surface area (Å²) in [5.74, 6) is -4.08. The van der Waals surface area contributed by atoms with E-state index < -0.39 is 17.5 Å². The van der Waals surface area contributed by atoms with Crippen LogP contribution >= 0.6 is 11.6 Å². The molecule has 0 heterocycles. The van der Waals surface area contributed by atoms with Gasteiger partial charge in [0.1, 0.15) is 0 Å². The van der Waals surface area contributed by atoms with Crippen molar-refractivity contribution >= 4 is 17.9 Å². The second kappa shape index (κ2) is 4.82. The van der Waals surface area contributed by atoms with Gasteiger partial charge in [-0.3, -0.25) is 4.79 Å². The SMILES string of the molecule is O=Cc1ccc(-c2ccc(F)c(F)c2F)cc1Cl. The Kier molecular flexibility index (Phi) is 3.39. The fraction of sp³-hybridized carbons (Fsp3) is 0. The Balaban J connectivity index is 2.59. The fourth-order valence-electron chi connectivity index (χ4n) is 1.54. The highest BCUT2D eigenvalue weighted by atomic mass is 35.5. The molecular formula is C13H6ClF3O. The van der Waals surface area contributed by atoms with Crippen LogP contribution in [0.5, 0.6) is 0 Å². The second-order valence-electron chi connectivity index (χ2n) is 3.58. The van der Waals surface area contributed by atoms with Gasteiger partial charge in [0.2, 0.25) is 0 Å². The van der Waals surface area contributed by atoms with E-state index >= 15 is 0 Å². The fourth-order valence-corrected chi connectivity index (χ4v) is 1.76. The van der Waals surface area contributed by atoms with Crippen molar-refractivity contribution in [3.05, 3.63) is 58.4 Å². The maximum Gasteiger partial charge on any atom is 0.195 e. The third-order valence-corrected chi connectivity index (χ3v) is 2.80. The van der Waals surface area contributed by atoms with E-state index in [4.69, 9.17) is 11.6 Å². The van der Waals surface area contributed by atoms with Gasteiger partial charge in [0.15, 0.2) is 23.7 Å². The van der Waals surface area contributed by atoms with Crippen LogP contribution < -0.4 is 0 Å². The van der Waals surface area contributed by atoms with Gasteiger partial charge < -0.3 is 0 Å². The lowest BCUT2D eigenvalue weighted by atomic mass is 10.0. The first-order valence-electron chi connectivity index (χ1n) is 4.93. The van der Waals surface area contributed by atoms with Crippen molar-refractivity contribution in [2.24, 2.45) is 0 Å². The van der Waals surface area contributed by atoms with Crippen molar-refractivity contribution in [1.29, 1.82) is 0 Å². The maximum atomic E-state index is 13.5. The van der Waals surface area contributed by atoms with Crippen LogP contribution in [0.2, 0.25) is 5.02 Å². The molecule has 0 saturated carbocycles. The summed E-state index contributed by atoms with van der Waals surface area (Å²) < 4.78 is 39.4. The second-order valence-corrected chi connectivity index (χ2v) is 3.98. The zero-order valence-electron chi connectivity index (χ0n) is 8.88. The summed E-state index contributed by atoms with van der Waals surface area (Å²) in [4.78, 5) is 10.6. The number of carbonyl (C=O) groups excluding carboxylic acids is 1. The Morgan fingerprint density at radius 1 is 1.00 bits per heavy atom. The summed E-state index contributed by atoms with van der Waals surface area (Å²) >= 11 is 5.78. The molecule has 0 bridgehead atoms. The minimum atomic E-state index is -1.54. The standard InChI is InChI=1S/C13H6ClF3O/c14-10-5-7(1-2-8(10)6-18)9-3-4-11(15)13(17)12(9)16/h1-6H. The average molecular weight is 271 g/mol. The van der Waals surface area contributed by atoms with Crippen LogP contribution in [0.25, 0.3) is 11.1 Å². The smallest absolute Gasteiger partial charge is 0.195 e. The first-order valence-corrected chi connectivity index (χ1v) is 5.31. The molecule has 0 N–H and O–H groups in total. The van der Waals surface area contributed by atoms with E-state index in [1.165, 1.54) is 18.2 Å². The Morgan fingerprint density at radius 3 is 2.33 bits per heavy atom. The number of rotatable bonds is 2. The van der Waals surface area contributed by atoms with Gasteiger partial charge in [0.05, 0.1) is 5.02 Å². The first-order chi connectivity index (χ1) is 8.54. The van der Waals surface area contributed by atoms with E-state index in [-0.39, 0.29) is 21.7 Å². The highest BCUT2D eigenvalue weighted by Gasteiger charge is 2.15. The predicted octanol–water partition coefficient (Wildman–Crippen LogP) is 4.24. The van der Waals surface area contributed by atoms with Gasteiger partial charge in [-0.25, -0.2) is 13.2 Å². The average Bonchev–Trinajstić information content (AvgIpc) is 2.36. The Bertz CT molecular complexity index is 626. The van der Waals surface area contributed by atoms with Gasteiger partial charge in [0, 0.05) is 11.1 Å². The van der Waals surface area contributed by atoms with E-state index in [0.717, 1.165) is 12.1 Å². The Morgan fingerprint density at radius 2 is 1.72 bits per heavy atom. The molecular weight excluding hydrogens is 265 g/mol. The largest absolute Gasteiger partial charge is 0.298 e. The van der Waals surface area contributed by atoms with Gasteiger partial charge in [0.25, 0.3) is 0 Å². The van der Waals surface area contributed by atoms with Crippen LogP contribution in [0.4, 0.5) is 13.2 Å².